The Morgan fingerprint density at radius 2 is 0.750 bits per heavy atom. The Labute approximate surface area is 472 Å². The molecule has 0 N–H and O–H groups in total. The molecule has 0 fully saturated rings. The predicted molar refractivity (Wildman–Crippen MR) is 342 cm³/mol. The van der Waals surface area contributed by atoms with Crippen LogP contribution in [0.2, 0.25) is 0 Å². The molecule has 11 aromatic rings. The molecule has 0 aromatic heterocycles. The van der Waals surface area contributed by atoms with E-state index >= 15 is 0 Å². The minimum atomic E-state index is -0.309. The van der Waals surface area contributed by atoms with Gasteiger partial charge in [-0.15, -0.1) is 0 Å². The lowest BCUT2D eigenvalue weighted by Crippen LogP contribution is -2.18. The second-order valence-electron chi connectivity index (χ2n) is 23.6. The van der Waals surface area contributed by atoms with Crippen molar-refractivity contribution in [2.75, 3.05) is 9.80 Å². The highest BCUT2D eigenvalue weighted by atomic mass is 15.2. The molecule has 2 nitrogen and oxygen atoms in total. The molecule has 0 heterocycles. The summed E-state index contributed by atoms with van der Waals surface area (Å²) < 4.78 is 0. The summed E-state index contributed by atoms with van der Waals surface area (Å²) in [6, 6.07) is 83.9. The van der Waals surface area contributed by atoms with Crippen molar-refractivity contribution in [3.05, 3.63) is 294 Å². The second-order valence-corrected chi connectivity index (χ2v) is 23.6. The Morgan fingerprint density at radius 3 is 1.25 bits per heavy atom. The van der Waals surface area contributed by atoms with Crippen LogP contribution < -0.4 is 9.80 Å². The van der Waals surface area contributed by atoms with Gasteiger partial charge in [-0.1, -0.05) is 224 Å². The van der Waals surface area contributed by atoms with E-state index in [0.29, 0.717) is 0 Å². The second kappa shape index (κ2) is 18.4. The zero-order chi connectivity index (χ0) is 54.7. The lowest BCUT2D eigenvalue weighted by molar-refractivity contribution is 0.649. The third-order valence-corrected chi connectivity index (χ3v) is 18.1. The van der Waals surface area contributed by atoms with Crippen molar-refractivity contribution in [2.24, 2.45) is 0 Å². The highest BCUT2D eigenvalue weighted by molar-refractivity contribution is 6.13. The van der Waals surface area contributed by atoms with Gasteiger partial charge in [0.15, 0.2) is 0 Å². The van der Waals surface area contributed by atoms with Gasteiger partial charge in [-0.3, -0.25) is 0 Å². The molecule has 0 saturated heterocycles. The summed E-state index contributed by atoms with van der Waals surface area (Å²) in [7, 11) is 0. The number of rotatable bonds is 10. The highest BCUT2D eigenvalue weighted by Gasteiger charge is 2.46. The van der Waals surface area contributed by atoms with Crippen LogP contribution in [0.4, 0.5) is 34.1 Å². The lowest BCUT2D eigenvalue weighted by atomic mass is 9.78. The van der Waals surface area contributed by atoms with Crippen LogP contribution in [-0.4, -0.2) is 0 Å². The van der Waals surface area contributed by atoms with Crippen molar-refractivity contribution in [3.63, 3.8) is 0 Å². The summed E-state index contributed by atoms with van der Waals surface area (Å²) in [6.45, 7) is 21.1. The summed E-state index contributed by atoms with van der Waals surface area (Å²) in [5.41, 5.74) is 26.9. The average molecular weight is 1030 g/mol. The van der Waals surface area contributed by atoms with Crippen molar-refractivity contribution in [2.45, 2.75) is 64.7 Å². The van der Waals surface area contributed by atoms with Crippen LogP contribution in [0.5, 0.6) is 0 Å². The zero-order valence-corrected chi connectivity index (χ0v) is 46.8. The van der Waals surface area contributed by atoms with Crippen LogP contribution in [0.3, 0.4) is 0 Å². The van der Waals surface area contributed by atoms with Crippen LogP contribution in [0.15, 0.2) is 255 Å². The number of para-hydroxylation sites is 4. The lowest BCUT2D eigenvalue weighted by Gasteiger charge is -2.31. The largest absolute Gasteiger partial charge is 0.309 e. The molecule has 11 aromatic carbocycles. The van der Waals surface area contributed by atoms with Gasteiger partial charge >= 0.3 is 0 Å². The Morgan fingerprint density at radius 1 is 0.362 bits per heavy atom. The van der Waals surface area contributed by atoms with E-state index in [-0.39, 0.29) is 16.2 Å². The molecule has 0 radical (unpaired) electrons. The zero-order valence-electron chi connectivity index (χ0n) is 46.8. The van der Waals surface area contributed by atoms with Gasteiger partial charge in [0, 0.05) is 49.5 Å². The van der Waals surface area contributed by atoms with Crippen LogP contribution in [0.25, 0.3) is 71.6 Å². The van der Waals surface area contributed by atoms with Crippen LogP contribution in [0, 0.1) is 0 Å². The first-order chi connectivity index (χ1) is 38.9. The van der Waals surface area contributed by atoms with E-state index in [4.69, 9.17) is 0 Å². The summed E-state index contributed by atoms with van der Waals surface area (Å²) in [5, 5.41) is 5.00. The standard InChI is InChI=1S/C78H64N2/c1-9-11-29-50(10-2)54-36-25-27-42-70(54)79(52-32-17-13-18-33-52)72-48-68-74(58-40-23-21-38-56(58)72)62-46-64-60(44-66(62)77(68,5)6)61-45-67-63(47-65(61)76(64,3)4)75-59-41-24-22-39-57(59)73(49-69(75)78(67,7)8)80(53-34-19-14-20-35-53)71-43-28-26-37-55(71)51-30-15-12-16-31-51/h9-49H,2H2,1,3-8H3/b11-9-,50-29+. The van der Waals surface area contributed by atoms with E-state index in [1.54, 1.807) is 0 Å². The van der Waals surface area contributed by atoms with Gasteiger partial charge in [-0.2, -0.15) is 0 Å². The fourth-order valence-electron chi connectivity index (χ4n) is 14.1. The summed E-state index contributed by atoms with van der Waals surface area (Å²) >= 11 is 0. The first-order valence-electron chi connectivity index (χ1n) is 28.3. The predicted octanol–water partition coefficient (Wildman–Crippen LogP) is 21.7. The fraction of sp³-hybridized carbons (Fsp3) is 0.128. The van der Waals surface area contributed by atoms with Crippen LogP contribution in [0.1, 0.15) is 87.4 Å². The van der Waals surface area contributed by atoms with E-state index in [9.17, 15) is 0 Å². The van der Waals surface area contributed by atoms with Crippen molar-refractivity contribution in [1.82, 2.24) is 0 Å². The van der Waals surface area contributed by atoms with Crippen molar-refractivity contribution in [3.8, 4) is 44.5 Å². The minimum absolute atomic E-state index is 0.261. The Bertz CT molecular complexity index is 4400. The van der Waals surface area contributed by atoms with Crippen LogP contribution >= 0.6 is 0 Å². The maximum atomic E-state index is 4.29. The third kappa shape index (κ3) is 7.24. The molecule has 0 atom stereocenters. The smallest absolute Gasteiger partial charge is 0.0543 e. The number of nitrogens with zero attached hydrogens (tertiary/aromatic N) is 2. The maximum absolute atomic E-state index is 4.29. The normalized spacial score (nSPS) is 14.8. The number of hydrogen-bond acceptors (Lipinski definition) is 2. The Hall–Kier alpha value is -9.24. The van der Waals surface area contributed by atoms with Crippen molar-refractivity contribution in [1.29, 1.82) is 0 Å². The molecule has 0 aliphatic heterocycles. The first-order valence-corrected chi connectivity index (χ1v) is 28.3. The fourth-order valence-corrected chi connectivity index (χ4v) is 14.1. The molecular weight excluding hydrogens is 965 g/mol. The third-order valence-electron chi connectivity index (χ3n) is 18.1. The molecule has 0 unspecified atom stereocenters. The molecule has 0 amide bonds. The van der Waals surface area contributed by atoms with E-state index in [2.05, 4.69) is 308 Å². The number of allylic oxidation sites excluding steroid dienone is 5. The van der Waals surface area contributed by atoms with Gasteiger partial charge in [0.1, 0.15) is 0 Å². The molecule has 2 heteroatoms. The Balaban J connectivity index is 0.934. The van der Waals surface area contributed by atoms with Gasteiger partial charge in [-0.25, -0.2) is 0 Å². The molecule has 0 bridgehead atoms. The number of hydrogen-bond donors (Lipinski definition) is 0. The molecular formula is C78H64N2. The SMILES string of the molecule is C=C/C(=C\C=C/C)c1ccccc1N(c1ccccc1)c1cc2c(c3ccccc13)-c1cc3c(cc1C2(C)C)-c1cc2c(cc1C3(C)C)-c1c(cc(N(c3ccccc3)c3ccccc3-c3ccccc3)c3ccccc13)C2(C)C. The van der Waals surface area contributed by atoms with Gasteiger partial charge in [0.05, 0.1) is 22.7 Å². The minimum Gasteiger partial charge on any atom is -0.309 e. The average Bonchev–Trinajstić information content (AvgIpc) is 3.03. The molecule has 0 saturated carbocycles. The monoisotopic (exact) mass is 1030 g/mol. The molecule has 386 valence electrons. The van der Waals surface area contributed by atoms with E-state index in [1.807, 2.05) is 6.08 Å². The van der Waals surface area contributed by atoms with Gasteiger partial charge in [-0.05, 0) is 168 Å². The summed E-state index contributed by atoms with van der Waals surface area (Å²) in [4.78, 5) is 4.97. The van der Waals surface area contributed by atoms with Gasteiger partial charge < -0.3 is 9.80 Å². The van der Waals surface area contributed by atoms with E-state index < -0.39 is 0 Å². The molecule has 80 heavy (non-hydrogen) atoms. The van der Waals surface area contributed by atoms with E-state index in [1.165, 1.54) is 105 Å². The van der Waals surface area contributed by atoms with Crippen molar-refractivity contribution >= 4 is 61.2 Å². The molecule has 0 spiro atoms. The Kier molecular flexibility index (Phi) is 11.3. The van der Waals surface area contributed by atoms with Gasteiger partial charge in [0.2, 0.25) is 0 Å². The number of fused-ring (bicyclic) bond motifs is 13. The number of benzene rings is 11. The number of anilines is 6. The maximum Gasteiger partial charge on any atom is 0.0543 e. The van der Waals surface area contributed by atoms with Crippen molar-refractivity contribution < 1.29 is 0 Å². The molecule has 3 aliphatic carbocycles. The molecule has 14 rings (SSSR count). The topological polar surface area (TPSA) is 6.48 Å². The summed E-state index contributed by atoms with van der Waals surface area (Å²) in [6.07, 6.45) is 8.30. The highest BCUT2D eigenvalue weighted by Crippen LogP contribution is 2.62. The summed E-state index contributed by atoms with van der Waals surface area (Å²) in [5.74, 6) is 0. The quantitative estimate of drug-likeness (QED) is 0.126. The van der Waals surface area contributed by atoms with Crippen LogP contribution in [-0.2, 0) is 16.2 Å². The van der Waals surface area contributed by atoms with Gasteiger partial charge in [0.25, 0.3) is 0 Å². The van der Waals surface area contributed by atoms with E-state index in [0.717, 1.165) is 39.6 Å². The first kappa shape index (κ1) is 49.1. The molecule has 3 aliphatic rings.